The van der Waals surface area contributed by atoms with Crippen LogP contribution in [-0.4, -0.2) is 34.8 Å². The number of amides is 3. The first-order valence-electron chi connectivity index (χ1n) is 8.83. The molecule has 2 aromatic rings. The van der Waals surface area contributed by atoms with Crippen molar-refractivity contribution >= 4 is 33.6 Å². The summed E-state index contributed by atoms with van der Waals surface area (Å²) in [5, 5.41) is 12.6. The van der Waals surface area contributed by atoms with Crippen LogP contribution >= 0.6 is 15.9 Å². The van der Waals surface area contributed by atoms with Gasteiger partial charge in [0.05, 0.1) is 12.2 Å². The lowest BCUT2D eigenvalue weighted by Crippen LogP contribution is -2.42. The minimum Gasteiger partial charge on any atom is -0.338 e. The Kier molecular flexibility index (Phi) is 7.41. The van der Waals surface area contributed by atoms with Gasteiger partial charge in [0.25, 0.3) is 0 Å². The largest absolute Gasteiger partial charge is 0.338 e. The van der Waals surface area contributed by atoms with E-state index in [2.05, 4.69) is 37.0 Å². The van der Waals surface area contributed by atoms with Crippen LogP contribution in [0.1, 0.15) is 23.9 Å². The summed E-state index contributed by atoms with van der Waals surface area (Å²) in [5.41, 5.74) is 3.75. The van der Waals surface area contributed by atoms with Crippen molar-refractivity contribution in [1.29, 1.82) is 0 Å². The lowest BCUT2D eigenvalue weighted by atomic mass is 10.2. The summed E-state index contributed by atoms with van der Waals surface area (Å²) in [4.78, 5) is 23.9. The van der Waals surface area contributed by atoms with Crippen LogP contribution in [0.4, 0.5) is 10.5 Å². The SMILES string of the molecule is Cc1cc(C)n(CC(C)CNC(=O)NCC(=O)Nc2ccc(Br)cc2C)n1. The van der Waals surface area contributed by atoms with Gasteiger partial charge in [0.1, 0.15) is 0 Å². The van der Waals surface area contributed by atoms with Crippen molar-refractivity contribution in [2.75, 3.05) is 18.4 Å². The third-order valence-corrected chi connectivity index (χ3v) is 4.56. The maximum Gasteiger partial charge on any atom is 0.315 e. The molecule has 27 heavy (non-hydrogen) atoms. The van der Waals surface area contributed by atoms with Crippen molar-refractivity contribution in [3.63, 3.8) is 0 Å². The molecule has 8 heteroatoms. The van der Waals surface area contributed by atoms with Crippen LogP contribution in [0, 0.1) is 26.7 Å². The molecule has 146 valence electrons. The minimum absolute atomic E-state index is 0.0901. The molecule has 0 bridgehead atoms. The first kappa shape index (κ1) is 21.0. The number of carbonyl (C=O) groups excluding carboxylic acids is 2. The number of halogens is 1. The molecule has 0 spiro atoms. The second-order valence-electron chi connectivity index (χ2n) is 6.79. The predicted molar refractivity (Wildman–Crippen MR) is 110 cm³/mol. The summed E-state index contributed by atoms with van der Waals surface area (Å²) < 4.78 is 2.89. The number of aryl methyl sites for hydroxylation is 3. The third kappa shape index (κ3) is 6.71. The molecule has 1 heterocycles. The van der Waals surface area contributed by atoms with E-state index in [0.29, 0.717) is 6.54 Å². The Bertz CT molecular complexity index is 818. The van der Waals surface area contributed by atoms with Gasteiger partial charge in [-0.1, -0.05) is 22.9 Å². The Labute approximate surface area is 168 Å². The zero-order valence-corrected chi connectivity index (χ0v) is 17.7. The number of rotatable bonds is 7. The Morgan fingerprint density at radius 1 is 1.19 bits per heavy atom. The molecule has 3 amide bonds. The van der Waals surface area contributed by atoms with Crippen LogP contribution in [0.25, 0.3) is 0 Å². The monoisotopic (exact) mass is 435 g/mol. The highest BCUT2D eigenvalue weighted by Gasteiger charge is 2.10. The maximum absolute atomic E-state index is 12.0. The van der Waals surface area contributed by atoms with Gasteiger partial charge < -0.3 is 16.0 Å². The molecule has 7 nitrogen and oxygen atoms in total. The maximum atomic E-state index is 12.0. The third-order valence-electron chi connectivity index (χ3n) is 4.07. The number of urea groups is 1. The Morgan fingerprint density at radius 3 is 2.56 bits per heavy atom. The van der Waals surface area contributed by atoms with Crippen LogP contribution in [-0.2, 0) is 11.3 Å². The molecule has 0 saturated heterocycles. The first-order valence-corrected chi connectivity index (χ1v) is 9.62. The predicted octanol–water partition coefficient (Wildman–Crippen LogP) is 3.14. The Hall–Kier alpha value is -2.35. The standard InChI is InChI=1S/C19H26BrN5O2/c1-12(11-25-15(4)8-14(3)24-25)9-21-19(27)22-10-18(26)23-17-6-5-16(20)7-13(17)2/h5-8,12H,9-11H2,1-4H3,(H,23,26)(H2,21,22,27). The molecular formula is C19H26BrN5O2. The fraction of sp³-hybridized carbons (Fsp3) is 0.421. The van der Waals surface area contributed by atoms with E-state index in [-0.39, 0.29) is 24.4 Å². The fourth-order valence-electron chi connectivity index (χ4n) is 2.67. The van der Waals surface area contributed by atoms with E-state index >= 15 is 0 Å². The van der Waals surface area contributed by atoms with E-state index in [1.807, 2.05) is 56.6 Å². The number of hydrogen-bond acceptors (Lipinski definition) is 3. The highest BCUT2D eigenvalue weighted by atomic mass is 79.9. The number of nitrogens with one attached hydrogen (secondary N) is 3. The van der Waals surface area contributed by atoms with Gasteiger partial charge in [-0.25, -0.2) is 4.79 Å². The highest BCUT2D eigenvalue weighted by Crippen LogP contribution is 2.19. The van der Waals surface area contributed by atoms with Crippen molar-refractivity contribution in [1.82, 2.24) is 20.4 Å². The molecule has 0 aliphatic heterocycles. The number of nitrogens with zero attached hydrogens (tertiary/aromatic N) is 2. The summed E-state index contributed by atoms with van der Waals surface area (Å²) in [6.07, 6.45) is 0. The lowest BCUT2D eigenvalue weighted by Gasteiger charge is -2.14. The number of hydrogen-bond donors (Lipinski definition) is 3. The summed E-state index contributed by atoms with van der Waals surface area (Å²) in [5.74, 6) is -0.0562. The van der Waals surface area contributed by atoms with Crippen molar-refractivity contribution in [2.24, 2.45) is 5.92 Å². The quantitative estimate of drug-likeness (QED) is 0.623. The van der Waals surface area contributed by atoms with Crippen LogP contribution in [0.2, 0.25) is 0 Å². The molecule has 0 aliphatic carbocycles. The topological polar surface area (TPSA) is 88.0 Å². The van der Waals surface area contributed by atoms with Crippen LogP contribution in [0.3, 0.4) is 0 Å². The average Bonchev–Trinajstić information content (AvgIpc) is 2.91. The Balaban J connectivity index is 1.70. The molecule has 0 saturated carbocycles. The zero-order valence-electron chi connectivity index (χ0n) is 16.1. The van der Waals surface area contributed by atoms with Gasteiger partial charge in [0, 0.05) is 28.9 Å². The van der Waals surface area contributed by atoms with Crippen molar-refractivity contribution in [3.05, 3.63) is 45.7 Å². The molecule has 0 fully saturated rings. The smallest absolute Gasteiger partial charge is 0.315 e. The van der Waals surface area contributed by atoms with Gasteiger partial charge in [-0.2, -0.15) is 5.10 Å². The Morgan fingerprint density at radius 2 is 1.93 bits per heavy atom. The molecule has 3 N–H and O–H groups in total. The second-order valence-corrected chi connectivity index (χ2v) is 7.70. The van der Waals surface area contributed by atoms with E-state index in [0.717, 1.165) is 33.7 Å². The molecule has 1 aromatic heterocycles. The van der Waals surface area contributed by atoms with Crippen LogP contribution in [0.15, 0.2) is 28.7 Å². The van der Waals surface area contributed by atoms with Gasteiger partial charge >= 0.3 is 6.03 Å². The zero-order chi connectivity index (χ0) is 20.0. The van der Waals surface area contributed by atoms with Gasteiger partial charge in [-0.3, -0.25) is 9.48 Å². The van der Waals surface area contributed by atoms with Crippen molar-refractivity contribution in [2.45, 2.75) is 34.2 Å². The van der Waals surface area contributed by atoms with E-state index in [1.165, 1.54) is 0 Å². The number of aromatic nitrogens is 2. The molecular weight excluding hydrogens is 410 g/mol. The normalized spacial score (nSPS) is 11.7. The summed E-state index contributed by atoms with van der Waals surface area (Å²) >= 11 is 3.38. The van der Waals surface area contributed by atoms with E-state index in [1.54, 1.807) is 0 Å². The molecule has 1 aromatic carbocycles. The van der Waals surface area contributed by atoms with E-state index in [4.69, 9.17) is 0 Å². The average molecular weight is 436 g/mol. The summed E-state index contributed by atoms with van der Waals surface area (Å²) in [7, 11) is 0. The summed E-state index contributed by atoms with van der Waals surface area (Å²) in [6, 6.07) is 7.25. The molecule has 1 atom stereocenters. The number of anilines is 1. The summed E-state index contributed by atoms with van der Waals surface area (Å²) in [6.45, 7) is 9.05. The van der Waals surface area contributed by atoms with Gasteiger partial charge in [-0.15, -0.1) is 0 Å². The molecule has 2 rings (SSSR count). The van der Waals surface area contributed by atoms with Crippen LogP contribution in [0.5, 0.6) is 0 Å². The van der Waals surface area contributed by atoms with Gasteiger partial charge in [0.15, 0.2) is 0 Å². The van der Waals surface area contributed by atoms with E-state index in [9.17, 15) is 9.59 Å². The van der Waals surface area contributed by atoms with Crippen LogP contribution < -0.4 is 16.0 Å². The number of benzene rings is 1. The highest BCUT2D eigenvalue weighted by molar-refractivity contribution is 9.10. The van der Waals surface area contributed by atoms with E-state index < -0.39 is 0 Å². The minimum atomic E-state index is -0.363. The fourth-order valence-corrected chi connectivity index (χ4v) is 3.15. The van der Waals surface area contributed by atoms with Gasteiger partial charge in [-0.05, 0) is 56.5 Å². The van der Waals surface area contributed by atoms with Crippen molar-refractivity contribution < 1.29 is 9.59 Å². The van der Waals surface area contributed by atoms with Gasteiger partial charge in [0.2, 0.25) is 5.91 Å². The molecule has 0 radical (unpaired) electrons. The first-order chi connectivity index (χ1) is 12.7. The lowest BCUT2D eigenvalue weighted by molar-refractivity contribution is -0.115. The second kappa shape index (κ2) is 9.55. The molecule has 0 aliphatic rings. The number of carbonyl (C=O) groups is 2. The van der Waals surface area contributed by atoms with Crippen molar-refractivity contribution in [3.8, 4) is 0 Å². The molecule has 1 unspecified atom stereocenters.